The molecule has 29 heavy (non-hydrogen) atoms. The number of nitro groups is 1. The van der Waals surface area contributed by atoms with Crippen molar-refractivity contribution in [2.45, 2.75) is 25.1 Å². The minimum atomic E-state index is -0.467. The maximum absolute atomic E-state index is 12.2. The SMILES string of the molecule is Cc1cccc(Nc2nnc(SCC(=O)Nc3cccc([N+](=O)[O-])c3C)s2)c1C. The van der Waals surface area contributed by atoms with Gasteiger partial charge in [-0.1, -0.05) is 41.3 Å². The van der Waals surface area contributed by atoms with Crippen LogP contribution in [0, 0.1) is 30.9 Å². The van der Waals surface area contributed by atoms with E-state index in [4.69, 9.17) is 0 Å². The summed E-state index contributed by atoms with van der Waals surface area (Å²) < 4.78 is 0.656. The lowest BCUT2D eigenvalue weighted by molar-refractivity contribution is -0.385. The molecule has 0 saturated carbocycles. The Labute approximate surface area is 175 Å². The number of carbonyl (C=O) groups excluding carboxylic acids is 1. The van der Waals surface area contributed by atoms with Crippen LogP contribution in [0.4, 0.5) is 22.2 Å². The standard InChI is InChI=1S/C19H19N5O3S2/c1-11-6-4-7-14(12(11)2)21-18-22-23-19(29-18)28-10-17(25)20-15-8-5-9-16(13(15)3)24(26)27/h4-9H,10H2,1-3H3,(H,20,25)(H,21,22). The van der Waals surface area contributed by atoms with Gasteiger partial charge in [-0.3, -0.25) is 14.9 Å². The Kier molecular flexibility index (Phi) is 6.45. The van der Waals surface area contributed by atoms with Gasteiger partial charge in [-0.2, -0.15) is 0 Å². The van der Waals surface area contributed by atoms with Crippen molar-refractivity contribution in [3.63, 3.8) is 0 Å². The number of nitrogens with zero attached hydrogens (tertiary/aromatic N) is 3. The highest BCUT2D eigenvalue weighted by atomic mass is 32.2. The van der Waals surface area contributed by atoms with Crippen molar-refractivity contribution in [3.05, 3.63) is 63.2 Å². The summed E-state index contributed by atoms with van der Waals surface area (Å²) in [5, 5.41) is 25.8. The smallest absolute Gasteiger partial charge is 0.274 e. The summed E-state index contributed by atoms with van der Waals surface area (Å²) in [7, 11) is 0. The Bertz CT molecular complexity index is 1070. The summed E-state index contributed by atoms with van der Waals surface area (Å²) in [6, 6.07) is 10.6. The first-order valence-corrected chi connectivity index (χ1v) is 10.5. The molecule has 1 heterocycles. The summed E-state index contributed by atoms with van der Waals surface area (Å²) in [4.78, 5) is 22.8. The van der Waals surface area contributed by atoms with E-state index in [-0.39, 0.29) is 17.3 Å². The molecule has 0 aliphatic heterocycles. The zero-order valence-electron chi connectivity index (χ0n) is 16.1. The number of hydrogen-bond donors (Lipinski definition) is 2. The average Bonchev–Trinajstić information content (AvgIpc) is 3.13. The molecule has 0 aliphatic rings. The van der Waals surface area contributed by atoms with Crippen molar-refractivity contribution in [3.8, 4) is 0 Å². The number of amides is 1. The number of hydrogen-bond acceptors (Lipinski definition) is 8. The molecule has 0 aliphatic carbocycles. The van der Waals surface area contributed by atoms with E-state index in [2.05, 4.69) is 20.8 Å². The second kappa shape index (κ2) is 9.01. The van der Waals surface area contributed by atoms with Gasteiger partial charge >= 0.3 is 0 Å². The first kappa shape index (κ1) is 20.7. The summed E-state index contributed by atoms with van der Waals surface area (Å²) in [5.74, 6) is -0.141. The van der Waals surface area contributed by atoms with Gasteiger partial charge in [0.05, 0.1) is 21.9 Å². The highest BCUT2D eigenvalue weighted by molar-refractivity contribution is 8.01. The number of anilines is 3. The summed E-state index contributed by atoms with van der Waals surface area (Å²) in [6.07, 6.45) is 0. The van der Waals surface area contributed by atoms with Crippen LogP contribution in [0.2, 0.25) is 0 Å². The lowest BCUT2D eigenvalue weighted by Crippen LogP contribution is -2.15. The maximum Gasteiger partial charge on any atom is 0.274 e. The third-order valence-corrected chi connectivity index (χ3v) is 6.33. The molecular formula is C19H19N5O3S2. The number of nitro benzene ring substituents is 1. The molecule has 1 amide bonds. The quantitative estimate of drug-likeness (QED) is 0.314. The number of aromatic nitrogens is 2. The Morgan fingerprint density at radius 3 is 2.59 bits per heavy atom. The lowest BCUT2D eigenvalue weighted by Gasteiger charge is -2.08. The van der Waals surface area contributed by atoms with Gasteiger partial charge < -0.3 is 10.6 Å². The molecule has 0 unspecified atom stereocenters. The molecule has 0 atom stereocenters. The van der Waals surface area contributed by atoms with E-state index in [0.29, 0.717) is 20.7 Å². The van der Waals surface area contributed by atoms with Gasteiger partial charge in [0.15, 0.2) is 4.34 Å². The average molecular weight is 430 g/mol. The molecule has 3 aromatic rings. The van der Waals surface area contributed by atoms with E-state index in [1.54, 1.807) is 19.1 Å². The van der Waals surface area contributed by atoms with Crippen molar-refractivity contribution < 1.29 is 9.72 Å². The molecule has 0 spiro atoms. The van der Waals surface area contributed by atoms with Crippen LogP contribution in [0.3, 0.4) is 0 Å². The van der Waals surface area contributed by atoms with Crippen molar-refractivity contribution in [2.75, 3.05) is 16.4 Å². The van der Waals surface area contributed by atoms with Crippen LogP contribution in [0.1, 0.15) is 16.7 Å². The number of rotatable bonds is 7. The Morgan fingerprint density at radius 1 is 1.10 bits per heavy atom. The Balaban J connectivity index is 1.58. The van der Waals surface area contributed by atoms with Gasteiger partial charge in [0, 0.05) is 11.8 Å². The van der Waals surface area contributed by atoms with E-state index in [1.165, 1.54) is 34.7 Å². The molecule has 0 radical (unpaired) electrons. The monoisotopic (exact) mass is 429 g/mol. The van der Waals surface area contributed by atoms with Crippen LogP contribution in [0.5, 0.6) is 0 Å². The molecular weight excluding hydrogens is 410 g/mol. The fraction of sp³-hybridized carbons (Fsp3) is 0.211. The normalized spacial score (nSPS) is 10.6. The third-order valence-electron chi connectivity index (χ3n) is 4.36. The minimum Gasteiger partial charge on any atom is -0.330 e. The number of carbonyl (C=O) groups is 1. The van der Waals surface area contributed by atoms with Crippen molar-refractivity contribution >= 4 is 51.2 Å². The molecule has 150 valence electrons. The zero-order chi connectivity index (χ0) is 21.0. The second-order valence-corrected chi connectivity index (χ2v) is 8.49. The molecule has 8 nitrogen and oxygen atoms in total. The van der Waals surface area contributed by atoms with E-state index >= 15 is 0 Å². The first-order chi connectivity index (χ1) is 13.8. The number of aryl methyl sites for hydroxylation is 1. The van der Waals surface area contributed by atoms with Gasteiger partial charge in [0.2, 0.25) is 11.0 Å². The topological polar surface area (TPSA) is 110 Å². The van der Waals surface area contributed by atoms with Crippen molar-refractivity contribution in [1.82, 2.24) is 10.2 Å². The number of nitrogens with one attached hydrogen (secondary N) is 2. The number of thioether (sulfide) groups is 1. The van der Waals surface area contributed by atoms with Gasteiger partial charge in [-0.05, 0) is 44.0 Å². The third kappa shape index (κ3) is 5.09. The minimum absolute atomic E-state index is 0.0262. The highest BCUT2D eigenvalue weighted by Crippen LogP contribution is 2.30. The molecule has 0 fully saturated rings. The summed E-state index contributed by atoms with van der Waals surface area (Å²) >= 11 is 2.62. The predicted octanol–water partition coefficient (Wildman–Crippen LogP) is 4.85. The lowest BCUT2D eigenvalue weighted by atomic mass is 10.1. The van der Waals surface area contributed by atoms with E-state index in [0.717, 1.165) is 11.3 Å². The fourth-order valence-electron chi connectivity index (χ4n) is 2.59. The molecule has 3 rings (SSSR count). The molecule has 0 saturated heterocycles. The van der Waals surface area contributed by atoms with Crippen LogP contribution in [-0.4, -0.2) is 26.8 Å². The molecule has 10 heteroatoms. The molecule has 0 bridgehead atoms. The largest absolute Gasteiger partial charge is 0.330 e. The van der Waals surface area contributed by atoms with Gasteiger partial charge in [0.25, 0.3) is 5.69 Å². The second-order valence-electron chi connectivity index (χ2n) is 6.29. The van der Waals surface area contributed by atoms with Gasteiger partial charge in [-0.25, -0.2) is 0 Å². The van der Waals surface area contributed by atoms with Gasteiger partial charge in [0.1, 0.15) is 0 Å². The van der Waals surface area contributed by atoms with Crippen LogP contribution < -0.4 is 10.6 Å². The summed E-state index contributed by atoms with van der Waals surface area (Å²) in [5.41, 5.74) is 4.12. The van der Waals surface area contributed by atoms with E-state index < -0.39 is 4.92 Å². The first-order valence-electron chi connectivity index (χ1n) is 8.68. The van der Waals surface area contributed by atoms with Crippen LogP contribution in [-0.2, 0) is 4.79 Å². The van der Waals surface area contributed by atoms with Crippen molar-refractivity contribution in [1.29, 1.82) is 0 Å². The molecule has 2 N–H and O–H groups in total. The molecule has 2 aromatic carbocycles. The summed E-state index contributed by atoms with van der Waals surface area (Å²) in [6.45, 7) is 5.69. The Hall–Kier alpha value is -2.98. The van der Waals surface area contributed by atoms with Crippen LogP contribution in [0.15, 0.2) is 40.7 Å². The number of benzene rings is 2. The van der Waals surface area contributed by atoms with E-state index in [9.17, 15) is 14.9 Å². The van der Waals surface area contributed by atoms with E-state index in [1.807, 2.05) is 32.0 Å². The zero-order valence-corrected chi connectivity index (χ0v) is 17.7. The van der Waals surface area contributed by atoms with Crippen LogP contribution >= 0.6 is 23.1 Å². The maximum atomic E-state index is 12.2. The van der Waals surface area contributed by atoms with Gasteiger partial charge in [-0.15, -0.1) is 10.2 Å². The predicted molar refractivity (Wildman–Crippen MR) is 116 cm³/mol. The highest BCUT2D eigenvalue weighted by Gasteiger charge is 2.15. The fourth-order valence-corrected chi connectivity index (χ4v) is 4.15. The Morgan fingerprint density at radius 2 is 1.83 bits per heavy atom. The van der Waals surface area contributed by atoms with Crippen molar-refractivity contribution in [2.24, 2.45) is 0 Å². The van der Waals surface area contributed by atoms with Crippen LogP contribution in [0.25, 0.3) is 0 Å². The molecule has 1 aromatic heterocycles.